The van der Waals surface area contributed by atoms with Crippen LogP contribution in [0.15, 0.2) is 67.3 Å². The normalized spacial score (nSPS) is 14.6. The van der Waals surface area contributed by atoms with Gasteiger partial charge in [0.2, 0.25) is 0 Å². The number of nitrogens with zero attached hydrogens (tertiary/aromatic N) is 5. The lowest BCUT2D eigenvalue weighted by Crippen LogP contribution is -2.44. The molecule has 31 heavy (non-hydrogen) atoms. The van der Waals surface area contributed by atoms with Crippen LogP contribution in [0, 0.1) is 0 Å². The summed E-state index contributed by atoms with van der Waals surface area (Å²) in [4.78, 5) is 28.6. The van der Waals surface area contributed by atoms with Crippen molar-refractivity contribution in [3.05, 3.63) is 67.3 Å². The lowest BCUT2D eigenvalue weighted by molar-refractivity contribution is -0.104. The van der Waals surface area contributed by atoms with Crippen LogP contribution in [0.5, 0.6) is 5.75 Å². The van der Waals surface area contributed by atoms with Gasteiger partial charge in [0.05, 0.1) is 16.6 Å². The number of hydrogen-bond acceptors (Lipinski definition) is 7. The SMILES string of the molecule is O=CC=CN1CCN(c2ncnc3cc(-c4cc(O)cc5ccccc45)ncc23)CC1. The van der Waals surface area contributed by atoms with Gasteiger partial charge in [0.1, 0.15) is 24.2 Å². The highest BCUT2D eigenvalue weighted by atomic mass is 16.3. The molecule has 7 heteroatoms. The molecule has 1 fully saturated rings. The number of aromatic nitrogens is 3. The second kappa shape index (κ2) is 8.02. The van der Waals surface area contributed by atoms with Crippen molar-refractivity contribution < 1.29 is 9.90 Å². The van der Waals surface area contributed by atoms with Crippen LogP contribution in [0.4, 0.5) is 5.82 Å². The molecule has 1 N–H and O–H groups in total. The fourth-order valence-electron chi connectivity index (χ4n) is 4.08. The highest BCUT2D eigenvalue weighted by Crippen LogP contribution is 2.33. The third-order valence-electron chi connectivity index (χ3n) is 5.61. The Balaban J connectivity index is 1.51. The first kappa shape index (κ1) is 19.0. The first-order valence-corrected chi connectivity index (χ1v) is 10.2. The number of rotatable bonds is 4. The van der Waals surface area contributed by atoms with Crippen molar-refractivity contribution in [3.8, 4) is 17.0 Å². The van der Waals surface area contributed by atoms with Crippen molar-refractivity contribution in [2.45, 2.75) is 0 Å². The van der Waals surface area contributed by atoms with E-state index in [4.69, 9.17) is 4.98 Å². The van der Waals surface area contributed by atoms with E-state index in [1.165, 1.54) is 6.08 Å². The van der Waals surface area contributed by atoms with Crippen LogP contribution in [0.1, 0.15) is 0 Å². The van der Waals surface area contributed by atoms with Crippen molar-refractivity contribution in [2.75, 3.05) is 31.1 Å². The lowest BCUT2D eigenvalue weighted by Gasteiger charge is -2.35. The van der Waals surface area contributed by atoms with Gasteiger partial charge in [-0.3, -0.25) is 9.78 Å². The molecular formula is C24H21N5O2. The highest BCUT2D eigenvalue weighted by Gasteiger charge is 2.19. The summed E-state index contributed by atoms with van der Waals surface area (Å²) in [6, 6.07) is 13.4. The number of carbonyl (C=O) groups excluding carboxylic acids is 1. The summed E-state index contributed by atoms with van der Waals surface area (Å²) in [5.74, 6) is 1.07. The molecule has 7 nitrogen and oxygen atoms in total. The maximum absolute atomic E-state index is 10.5. The van der Waals surface area contributed by atoms with Crippen molar-refractivity contribution in [3.63, 3.8) is 0 Å². The number of piperazine rings is 1. The molecule has 154 valence electrons. The van der Waals surface area contributed by atoms with E-state index in [9.17, 15) is 9.90 Å². The zero-order valence-corrected chi connectivity index (χ0v) is 16.8. The summed E-state index contributed by atoms with van der Waals surface area (Å²) >= 11 is 0. The van der Waals surface area contributed by atoms with Crippen molar-refractivity contribution in [1.82, 2.24) is 19.9 Å². The largest absolute Gasteiger partial charge is 0.508 e. The summed E-state index contributed by atoms with van der Waals surface area (Å²) < 4.78 is 0. The van der Waals surface area contributed by atoms with E-state index in [0.717, 1.165) is 71.2 Å². The average molecular weight is 411 g/mol. The number of hydrogen-bond donors (Lipinski definition) is 1. The van der Waals surface area contributed by atoms with E-state index in [1.807, 2.05) is 42.7 Å². The number of carbonyl (C=O) groups is 1. The fraction of sp³-hybridized carbons (Fsp3) is 0.167. The molecule has 0 unspecified atom stereocenters. The summed E-state index contributed by atoms with van der Waals surface area (Å²) in [6.07, 6.45) is 7.55. The van der Waals surface area contributed by atoms with Crippen molar-refractivity contribution in [1.29, 1.82) is 0 Å². The number of aldehydes is 1. The third-order valence-corrected chi connectivity index (χ3v) is 5.61. The molecule has 0 atom stereocenters. The molecule has 2 aromatic carbocycles. The van der Waals surface area contributed by atoms with E-state index < -0.39 is 0 Å². The van der Waals surface area contributed by atoms with Crippen LogP contribution >= 0.6 is 0 Å². The van der Waals surface area contributed by atoms with Crippen molar-refractivity contribution in [2.24, 2.45) is 0 Å². The smallest absolute Gasteiger partial charge is 0.144 e. The zero-order chi connectivity index (χ0) is 21.2. The molecule has 0 amide bonds. The quantitative estimate of drug-likeness (QED) is 0.407. The molecule has 0 radical (unpaired) electrons. The van der Waals surface area contributed by atoms with E-state index in [2.05, 4.69) is 19.8 Å². The van der Waals surface area contributed by atoms with Crippen molar-refractivity contribution >= 4 is 33.8 Å². The van der Waals surface area contributed by atoms with Crippen LogP contribution < -0.4 is 4.90 Å². The monoisotopic (exact) mass is 411 g/mol. The minimum Gasteiger partial charge on any atom is -0.508 e. The van der Waals surface area contributed by atoms with Gasteiger partial charge in [0.25, 0.3) is 0 Å². The van der Waals surface area contributed by atoms with E-state index in [-0.39, 0.29) is 5.75 Å². The summed E-state index contributed by atoms with van der Waals surface area (Å²) in [7, 11) is 0. The molecule has 2 aromatic heterocycles. The molecule has 5 rings (SSSR count). The van der Waals surface area contributed by atoms with Gasteiger partial charge in [0, 0.05) is 44.1 Å². The predicted molar refractivity (Wildman–Crippen MR) is 121 cm³/mol. The highest BCUT2D eigenvalue weighted by molar-refractivity contribution is 5.99. The number of benzene rings is 2. The van der Waals surface area contributed by atoms with Crippen LogP contribution in [0.25, 0.3) is 32.9 Å². The topological polar surface area (TPSA) is 82.5 Å². The van der Waals surface area contributed by atoms with Gasteiger partial charge in [-0.1, -0.05) is 24.3 Å². The summed E-state index contributed by atoms with van der Waals surface area (Å²) in [5.41, 5.74) is 2.44. The number of anilines is 1. The Morgan fingerprint density at radius 3 is 2.61 bits per heavy atom. The van der Waals surface area contributed by atoms with Gasteiger partial charge in [-0.25, -0.2) is 9.97 Å². The van der Waals surface area contributed by atoms with Crippen LogP contribution in [0.3, 0.4) is 0 Å². The van der Waals surface area contributed by atoms with Crippen LogP contribution in [0.2, 0.25) is 0 Å². The second-order valence-electron chi connectivity index (χ2n) is 7.50. The Bertz CT molecular complexity index is 1300. The number of allylic oxidation sites excluding steroid dienone is 1. The number of aromatic hydroxyl groups is 1. The first-order valence-electron chi connectivity index (χ1n) is 10.2. The summed E-state index contributed by atoms with van der Waals surface area (Å²) in [5, 5.41) is 13.1. The maximum Gasteiger partial charge on any atom is 0.144 e. The Labute approximate surface area is 179 Å². The Morgan fingerprint density at radius 1 is 0.935 bits per heavy atom. The number of fused-ring (bicyclic) bond motifs is 2. The molecule has 0 spiro atoms. The van der Waals surface area contributed by atoms with Gasteiger partial charge >= 0.3 is 0 Å². The standard InChI is InChI=1S/C24H21N5O2/c30-11-3-6-28-7-9-29(10-8-28)24-21-15-25-22(14-23(21)26-16-27-24)20-13-18(31)12-17-4-1-2-5-19(17)20/h1-6,11-16,31H,7-10H2. The molecule has 1 aliphatic heterocycles. The number of pyridine rings is 1. The van der Waals surface area contributed by atoms with Gasteiger partial charge in [-0.05, 0) is 35.0 Å². The average Bonchev–Trinajstić information content (AvgIpc) is 2.82. The first-order chi connectivity index (χ1) is 15.2. The molecule has 1 saturated heterocycles. The van der Waals surface area contributed by atoms with E-state index >= 15 is 0 Å². The molecule has 4 aromatic rings. The van der Waals surface area contributed by atoms with Crippen LogP contribution in [-0.2, 0) is 4.79 Å². The fourth-order valence-corrected chi connectivity index (χ4v) is 4.08. The molecule has 0 aliphatic carbocycles. The Morgan fingerprint density at radius 2 is 1.77 bits per heavy atom. The van der Waals surface area contributed by atoms with Gasteiger partial charge in [0.15, 0.2) is 0 Å². The molecule has 0 saturated carbocycles. The minimum atomic E-state index is 0.209. The second-order valence-corrected chi connectivity index (χ2v) is 7.50. The van der Waals surface area contributed by atoms with Gasteiger partial charge in [-0.2, -0.15) is 0 Å². The molecule has 1 aliphatic rings. The zero-order valence-electron chi connectivity index (χ0n) is 16.8. The third kappa shape index (κ3) is 3.66. The maximum atomic E-state index is 10.5. The molecule has 3 heterocycles. The predicted octanol–water partition coefficient (Wildman–Crippen LogP) is 3.39. The van der Waals surface area contributed by atoms with Crippen LogP contribution in [-0.4, -0.2) is 57.4 Å². The Hall–Kier alpha value is -4.00. The number of phenols is 1. The van der Waals surface area contributed by atoms with E-state index in [1.54, 1.807) is 18.5 Å². The molecular weight excluding hydrogens is 390 g/mol. The van der Waals surface area contributed by atoms with E-state index in [0.29, 0.717) is 0 Å². The van der Waals surface area contributed by atoms with Gasteiger partial charge in [-0.15, -0.1) is 0 Å². The summed E-state index contributed by atoms with van der Waals surface area (Å²) in [6.45, 7) is 3.23. The molecule has 0 bridgehead atoms. The minimum absolute atomic E-state index is 0.209. The number of phenolic OH excluding ortho intramolecular Hbond substituents is 1. The van der Waals surface area contributed by atoms with Gasteiger partial charge < -0.3 is 14.9 Å². The Kier molecular flexibility index (Phi) is 4.92. The lowest BCUT2D eigenvalue weighted by atomic mass is 10.0.